The molecule has 1 heterocycles. The number of carboxylic acid groups (broad SMARTS) is 1. The van der Waals surface area contributed by atoms with E-state index in [2.05, 4.69) is 11.8 Å². The highest BCUT2D eigenvalue weighted by Crippen LogP contribution is 2.53. The minimum absolute atomic E-state index is 0.310. The van der Waals surface area contributed by atoms with E-state index in [1.54, 1.807) is 0 Å². The Morgan fingerprint density at radius 2 is 2.15 bits per heavy atom. The van der Waals surface area contributed by atoms with Crippen molar-refractivity contribution in [3.63, 3.8) is 0 Å². The van der Waals surface area contributed by atoms with Crippen molar-refractivity contribution in [1.82, 2.24) is 4.90 Å². The van der Waals surface area contributed by atoms with E-state index in [4.69, 9.17) is 5.11 Å². The first kappa shape index (κ1) is 9.00. The molecule has 0 bridgehead atoms. The third-order valence-electron chi connectivity index (χ3n) is 3.43. The highest BCUT2D eigenvalue weighted by atomic mass is 16.4. The number of likely N-dealkylation sites (tertiary alicyclic amines) is 1. The Bertz CT molecular complexity index is 215. The van der Waals surface area contributed by atoms with E-state index in [0.717, 1.165) is 6.42 Å². The van der Waals surface area contributed by atoms with E-state index in [0.29, 0.717) is 17.9 Å². The van der Waals surface area contributed by atoms with Crippen LogP contribution >= 0.6 is 0 Å². The lowest BCUT2D eigenvalue weighted by molar-refractivity contribution is -0.137. The monoisotopic (exact) mass is 183 g/mol. The number of carboxylic acids is 1. The van der Waals surface area contributed by atoms with Gasteiger partial charge in [-0.05, 0) is 31.6 Å². The first-order chi connectivity index (χ1) is 6.11. The van der Waals surface area contributed by atoms with Gasteiger partial charge in [-0.2, -0.15) is 0 Å². The number of hydrogen-bond donors (Lipinski definition) is 1. The molecule has 1 aliphatic heterocycles. The van der Waals surface area contributed by atoms with Gasteiger partial charge in [-0.15, -0.1) is 0 Å². The quantitative estimate of drug-likeness (QED) is 0.715. The van der Waals surface area contributed by atoms with E-state index in [1.165, 1.54) is 25.9 Å². The summed E-state index contributed by atoms with van der Waals surface area (Å²) < 4.78 is 0. The van der Waals surface area contributed by atoms with Crippen LogP contribution in [-0.2, 0) is 4.79 Å². The van der Waals surface area contributed by atoms with Gasteiger partial charge in [-0.3, -0.25) is 9.69 Å². The third-order valence-corrected chi connectivity index (χ3v) is 3.43. The molecule has 1 spiro atoms. The van der Waals surface area contributed by atoms with E-state index >= 15 is 0 Å². The van der Waals surface area contributed by atoms with Crippen LogP contribution in [0.5, 0.6) is 0 Å². The fraction of sp³-hybridized carbons (Fsp3) is 0.900. The summed E-state index contributed by atoms with van der Waals surface area (Å²) in [6.07, 6.45) is 3.90. The Balaban J connectivity index is 1.67. The molecule has 0 aromatic rings. The Morgan fingerprint density at radius 1 is 1.54 bits per heavy atom. The predicted octanol–water partition coefficient (Wildman–Crippen LogP) is 1.34. The van der Waals surface area contributed by atoms with Gasteiger partial charge in [-0.25, -0.2) is 0 Å². The summed E-state index contributed by atoms with van der Waals surface area (Å²) in [6, 6.07) is 0.460. The minimum Gasteiger partial charge on any atom is -0.481 e. The van der Waals surface area contributed by atoms with Crippen LogP contribution in [0.15, 0.2) is 0 Å². The summed E-state index contributed by atoms with van der Waals surface area (Å²) in [5.74, 6) is -0.673. The molecular formula is C10H17NO2. The lowest BCUT2D eigenvalue weighted by Crippen LogP contribution is -2.52. The van der Waals surface area contributed by atoms with Crippen LogP contribution < -0.4 is 0 Å². The molecule has 2 rings (SSSR count). The molecule has 1 saturated carbocycles. The lowest BCUT2D eigenvalue weighted by atomic mass is 9.93. The topological polar surface area (TPSA) is 40.5 Å². The average Bonchev–Trinajstić information content (AvgIpc) is 2.76. The Labute approximate surface area is 78.7 Å². The Hall–Kier alpha value is -0.570. The van der Waals surface area contributed by atoms with Gasteiger partial charge < -0.3 is 5.11 Å². The Kier molecular flexibility index (Phi) is 2.06. The lowest BCUT2D eigenvalue weighted by Gasteiger charge is -2.44. The van der Waals surface area contributed by atoms with Crippen molar-refractivity contribution in [2.75, 3.05) is 13.1 Å². The zero-order chi connectivity index (χ0) is 9.47. The molecule has 0 aromatic carbocycles. The Morgan fingerprint density at radius 3 is 2.62 bits per heavy atom. The highest BCUT2D eigenvalue weighted by Gasteiger charge is 2.52. The number of carbonyl (C=O) groups is 1. The largest absolute Gasteiger partial charge is 0.481 e. The summed E-state index contributed by atoms with van der Waals surface area (Å²) in [5.41, 5.74) is 0.692. The maximum absolute atomic E-state index is 10.4. The molecule has 2 aliphatic rings. The molecule has 0 aromatic heterocycles. The van der Waals surface area contributed by atoms with E-state index < -0.39 is 5.97 Å². The van der Waals surface area contributed by atoms with Crippen molar-refractivity contribution >= 4 is 5.97 Å². The summed E-state index contributed by atoms with van der Waals surface area (Å²) >= 11 is 0. The van der Waals surface area contributed by atoms with Crippen LogP contribution in [0.25, 0.3) is 0 Å². The summed E-state index contributed by atoms with van der Waals surface area (Å²) in [4.78, 5) is 12.8. The van der Waals surface area contributed by atoms with Crippen LogP contribution in [0.3, 0.4) is 0 Å². The normalized spacial score (nSPS) is 26.8. The van der Waals surface area contributed by atoms with Crippen LogP contribution in [0.1, 0.15) is 32.6 Å². The maximum atomic E-state index is 10.4. The summed E-state index contributed by atoms with van der Waals surface area (Å²) in [6.45, 7) is 4.57. The first-order valence-corrected chi connectivity index (χ1v) is 5.07. The predicted molar refractivity (Wildman–Crippen MR) is 49.6 cm³/mol. The molecule has 1 atom stereocenters. The van der Waals surface area contributed by atoms with E-state index in [-0.39, 0.29) is 0 Å². The number of rotatable bonds is 4. The van der Waals surface area contributed by atoms with Gasteiger partial charge in [0.2, 0.25) is 0 Å². The number of aliphatic carboxylic acids is 1. The van der Waals surface area contributed by atoms with Crippen molar-refractivity contribution in [1.29, 1.82) is 0 Å². The van der Waals surface area contributed by atoms with Crippen LogP contribution in [0, 0.1) is 5.41 Å². The standard InChI is InChI=1S/C10H17NO2/c1-8(2-3-9(12)13)11-6-10(7-11)4-5-10/h8H,2-7H2,1H3,(H,12,13). The van der Waals surface area contributed by atoms with Gasteiger partial charge in [0.15, 0.2) is 0 Å². The average molecular weight is 183 g/mol. The van der Waals surface area contributed by atoms with E-state index in [1.807, 2.05) is 0 Å². The van der Waals surface area contributed by atoms with Gasteiger partial charge in [0, 0.05) is 25.6 Å². The summed E-state index contributed by atoms with van der Waals surface area (Å²) in [7, 11) is 0. The molecule has 74 valence electrons. The van der Waals surface area contributed by atoms with Crippen LogP contribution in [-0.4, -0.2) is 35.1 Å². The summed E-state index contributed by atoms with van der Waals surface area (Å²) in [5, 5.41) is 8.53. The molecule has 1 saturated heterocycles. The highest BCUT2D eigenvalue weighted by molar-refractivity contribution is 5.66. The molecule has 13 heavy (non-hydrogen) atoms. The number of nitrogens with zero attached hydrogens (tertiary/aromatic N) is 1. The zero-order valence-electron chi connectivity index (χ0n) is 8.12. The van der Waals surface area contributed by atoms with Crippen molar-refractivity contribution in [3.05, 3.63) is 0 Å². The third kappa shape index (κ3) is 1.85. The maximum Gasteiger partial charge on any atom is 0.303 e. The SMILES string of the molecule is CC(CCC(=O)O)N1CC2(CC2)C1. The second-order valence-electron chi connectivity index (χ2n) is 4.69. The minimum atomic E-state index is -0.673. The molecule has 1 aliphatic carbocycles. The van der Waals surface area contributed by atoms with E-state index in [9.17, 15) is 4.79 Å². The molecule has 1 N–H and O–H groups in total. The zero-order valence-corrected chi connectivity index (χ0v) is 8.12. The van der Waals surface area contributed by atoms with Crippen molar-refractivity contribution in [2.45, 2.75) is 38.6 Å². The first-order valence-electron chi connectivity index (χ1n) is 5.07. The molecule has 1 unspecified atom stereocenters. The fourth-order valence-corrected chi connectivity index (χ4v) is 2.13. The molecule has 2 fully saturated rings. The molecule has 0 radical (unpaired) electrons. The fourth-order valence-electron chi connectivity index (χ4n) is 2.13. The van der Waals surface area contributed by atoms with Crippen LogP contribution in [0.2, 0.25) is 0 Å². The number of hydrogen-bond acceptors (Lipinski definition) is 2. The molecule has 0 amide bonds. The smallest absolute Gasteiger partial charge is 0.303 e. The second kappa shape index (κ2) is 2.98. The van der Waals surface area contributed by atoms with Gasteiger partial charge in [-0.1, -0.05) is 0 Å². The second-order valence-corrected chi connectivity index (χ2v) is 4.69. The van der Waals surface area contributed by atoms with Gasteiger partial charge >= 0.3 is 5.97 Å². The van der Waals surface area contributed by atoms with Gasteiger partial charge in [0.05, 0.1) is 0 Å². The van der Waals surface area contributed by atoms with Crippen molar-refractivity contribution in [3.8, 4) is 0 Å². The van der Waals surface area contributed by atoms with Crippen molar-refractivity contribution in [2.24, 2.45) is 5.41 Å². The molecule has 3 heteroatoms. The molecular weight excluding hydrogens is 166 g/mol. The van der Waals surface area contributed by atoms with Gasteiger partial charge in [0.25, 0.3) is 0 Å². The van der Waals surface area contributed by atoms with Gasteiger partial charge in [0.1, 0.15) is 0 Å². The van der Waals surface area contributed by atoms with Crippen LogP contribution in [0.4, 0.5) is 0 Å². The van der Waals surface area contributed by atoms with Crippen molar-refractivity contribution < 1.29 is 9.90 Å². The molecule has 3 nitrogen and oxygen atoms in total.